The fourth-order valence-corrected chi connectivity index (χ4v) is 2.91. The molecular weight excluding hydrogens is 268 g/mol. The van der Waals surface area contributed by atoms with E-state index in [1.807, 2.05) is 4.90 Å². The summed E-state index contributed by atoms with van der Waals surface area (Å²) in [4.78, 5) is 25.1. The minimum absolute atomic E-state index is 0.0150. The molecule has 1 heterocycles. The molecule has 5 heteroatoms. The minimum atomic E-state index is -0.869. The van der Waals surface area contributed by atoms with Crippen LogP contribution >= 0.6 is 0 Å². The standard InChI is InChI=1S/C16H30N2O3/c1-11(2)12-6-7-18(10-12)15(21)17-13(8-14(19)20)9-16(3,4)5/h11-13H,6-10H2,1-5H3,(H,17,21)(H,19,20). The summed E-state index contributed by atoms with van der Waals surface area (Å²) in [6, 6.07) is -0.429. The van der Waals surface area contributed by atoms with Crippen molar-refractivity contribution in [1.29, 1.82) is 0 Å². The van der Waals surface area contributed by atoms with Crippen LogP contribution in [-0.2, 0) is 4.79 Å². The van der Waals surface area contributed by atoms with E-state index in [4.69, 9.17) is 5.11 Å². The van der Waals surface area contributed by atoms with Crippen molar-refractivity contribution in [2.45, 2.75) is 59.9 Å². The zero-order valence-electron chi connectivity index (χ0n) is 14.0. The molecule has 0 bridgehead atoms. The first kappa shape index (κ1) is 17.8. The average molecular weight is 298 g/mol. The highest BCUT2D eigenvalue weighted by Crippen LogP contribution is 2.25. The lowest BCUT2D eigenvalue weighted by Gasteiger charge is -2.28. The van der Waals surface area contributed by atoms with Gasteiger partial charge in [-0.25, -0.2) is 4.79 Å². The quantitative estimate of drug-likeness (QED) is 0.820. The summed E-state index contributed by atoms with van der Waals surface area (Å²) in [7, 11) is 0. The van der Waals surface area contributed by atoms with E-state index in [2.05, 4.69) is 39.9 Å². The first-order valence-corrected chi connectivity index (χ1v) is 7.85. The predicted octanol–water partition coefficient (Wildman–Crippen LogP) is 2.95. The van der Waals surface area contributed by atoms with Crippen LogP contribution in [0, 0.1) is 17.3 Å². The van der Waals surface area contributed by atoms with Crippen LogP contribution in [0.5, 0.6) is 0 Å². The number of carboxylic acid groups (broad SMARTS) is 1. The molecule has 122 valence electrons. The van der Waals surface area contributed by atoms with Crippen LogP contribution in [0.15, 0.2) is 0 Å². The molecule has 2 atom stereocenters. The van der Waals surface area contributed by atoms with Crippen molar-refractivity contribution < 1.29 is 14.7 Å². The summed E-state index contributed by atoms with van der Waals surface area (Å²) in [5.74, 6) is 0.259. The molecule has 1 rings (SSSR count). The molecule has 0 aliphatic carbocycles. The SMILES string of the molecule is CC(C)C1CCN(C(=O)NC(CC(=O)O)CC(C)(C)C)C1. The Morgan fingerprint density at radius 2 is 1.95 bits per heavy atom. The molecule has 0 radical (unpaired) electrons. The van der Waals surface area contributed by atoms with Crippen LogP contribution in [0.3, 0.4) is 0 Å². The van der Waals surface area contributed by atoms with Crippen LogP contribution in [0.2, 0.25) is 0 Å². The number of urea groups is 1. The lowest BCUT2D eigenvalue weighted by Crippen LogP contribution is -2.46. The Morgan fingerprint density at radius 3 is 2.38 bits per heavy atom. The van der Waals surface area contributed by atoms with Crippen molar-refractivity contribution in [3.63, 3.8) is 0 Å². The van der Waals surface area contributed by atoms with Gasteiger partial charge in [0.15, 0.2) is 0 Å². The van der Waals surface area contributed by atoms with Gasteiger partial charge in [0, 0.05) is 19.1 Å². The fraction of sp³-hybridized carbons (Fsp3) is 0.875. The fourth-order valence-electron chi connectivity index (χ4n) is 2.91. The third-order valence-corrected chi connectivity index (χ3v) is 4.06. The number of carbonyl (C=O) groups is 2. The summed E-state index contributed by atoms with van der Waals surface area (Å²) >= 11 is 0. The zero-order chi connectivity index (χ0) is 16.2. The number of carboxylic acids is 1. The maximum Gasteiger partial charge on any atom is 0.317 e. The topological polar surface area (TPSA) is 69.6 Å². The number of hydrogen-bond acceptors (Lipinski definition) is 2. The first-order chi connectivity index (χ1) is 9.58. The smallest absolute Gasteiger partial charge is 0.317 e. The average Bonchev–Trinajstić information content (AvgIpc) is 2.74. The molecule has 2 amide bonds. The highest BCUT2D eigenvalue weighted by atomic mass is 16.4. The Kier molecular flexibility index (Phi) is 6.05. The van der Waals surface area contributed by atoms with Crippen LogP contribution in [0.1, 0.15) is 53.9 Å². The number of rotatable bonds is 5. The highest BCUT2D eigenvalue weighted by molar-refractivity contribution is 5.76. The molecular formula is C16H30N2O3. The van der Waals surface area contributed by atoms with E-state index >= 15 is 0 Å². The molecule has 0 spiro atoms. The number of amides is 2. The number of aliphatic carboxylic acids is 1. The maximum atomic E-state index is 12.3. The molecule has 21 heavy (non-hydrogen) atoms. The van der Waals surface area contributed by atoms with E-state index in [-0.39, 0.29) is 23.9 Å². The zero-order valence-corrected chi connectivity index (χ0v) is 14.0. The number of carbonyl (C=O) groups excluding carboxylic acids is 1. The Labute approximate surface area is 128 Å². The van der Waals surface area contributed by atoms with Gasteiger partial charge in [-0.15, -0.1) is 0 Å². The molecule has 0 aromatic rings. The van der Waals surface area contributed by atoms with Gasteiger partial charge in [-0.2, -0.15) is 0 Å². The molecule has 2 unspecified atom stereocenters. The van der Waals surface area contributed by atoms with Gasteiger partial charge in [0.2, 0.25) is 0 Å². The molecule has 1 fully saturated rings. The number of hydrogen-bond donors (Lipinski definition) is 2. The van der Waals surface area contributed by atoms with Gasteiger partial charge >= 0.3 is 12.0 Å². The van der Waals surface area contributed by atoms with E-state index in [0.29, 0.717) is 18.3 Å². The second-order valence-electron chi connectivity index (χ2n) is 7.75. The van der Waals surface area contributed by atoms with Gasteiger partial charge in [0.05, 0.1) is 6.42 Å². The van der Waals surface area contributed by atoms with E-state index in [1.165, 1.54) is 0 Å². The number of nitrogens with one attached hydrogen (secondary N) is 1. The van der Waals surface area contributed by atoms with Gasteiger partial charge < -0.3 is 15.3 Å². The van der Waals surface area contributed by atoms with E-state index < -0.39 is 5.97 Å². The Morgan fingerprint density at radius 1 is 1.33 bits per heavy atom. The third-order valence-electron chi connectivity index (χ3n) is 4.06. The van der Waals surface area contributed by atoms with Crippen LogP contribution in [0.25, 0.3) is 0 Å². The summed E-state index contributed by atoms with van der Waals surface area (Å²) in [6.45, 7) is 12.1. The molecule has 0 saturated carbocycles. The molecule has 1 saturated heterocycles. The van der Waals surface area contributed by atoms with Crippen molar-refractivity contribution in [3.05, 3.63) is 0 Å². The normalized spacial score (nSPS) is 20.7. The minimum Gasteiger partial charge on any atom is -0.481 e. The largest absolute Gasteiger partial charge is 0.481 e. The molecule has 0 aromatic heterocycles. The Hall–Kier alpha value is -1.26. The lowest BCUT2D eigenvalue weighted by molar-refractivity contribution is -0.137. The van der Waals surface area contributed by atoms with Crippen molar-refractivity contribution in [3.8, 4) is 0 Å². The van der Waals surface area contributed by atoms with E-state index in [0.717, 1.165) is 19.5 Å². The van der Waals surface area contributed by atoms with Crippen molar-refractivity contribution in [2.24, 2.45) is 17.3 Å². The monoisotopic (exact) mass is 298 g/mol. The molecule has 0 aromatic carbocycles. The van der Waals surface area contributed by atoms with E-state index in [1.54, 1.807) is 0 Å². The predicted molar refractivity (Wildman–Crippen MR) is 83.2 cm³/mol. The van der Waals surface area contributed by atoms with Crippen LogP contribution in [-0.4, -0.2) is 41.1 Å². The first-order valence-electron chi connectivity index (χ1n) is 7.85. The second kappa shape index (κ2) is 7.14. The van der Waals surface area contributed by atoms with Gasteiger partial charge in [-0.3, -0.25) is 4.79 Å². The van der Waals surface area contributed by atoms with Gasteiger partial charge in [0.25, 0.3) is 0 Å². The highest BCUT2D eigenvalue weighted by Gasteiger charge is 2.30. The number of nitrogens with zero attached hydrogens (tertiary/aromatic N) is 1. The molecule has 1 aliphatic rings. The lowest BCUT2D eigenvalue weighted by atomic mass is 9.87. The Bertz CT molecular complexity index is 374. The van der Waals surface area contributed by atoms with E-state index in [9.17, 15) is 9.59 Å². The third kappa shape index (κ3) is 6.36. The molecule has 1 aliphatic heterocycles. The van der Waals surface area contributed by atoms with Crippen molar-refractivity contribution >= 4 is 12.0 Å². The summed E-state index contributed by atoms with van der Waals surface area (Å²) < 4.78 is 0. The van der Waals surface area contributed by atoms with Gasteiger partial charge in [0.1, 0.15) is 0 Å². The molecule has 2 N–H and O–H groups in total. The summed E-state index contributed by atoms with van der Waals surface area (Å²) in [5, 5.41) is 11.9. The van der Waals surface area contributed by atoms with Crippen LogP contribution < -0.4 is 5.32 Å². The van der Waals surface area contributed by atoms with Gasteiger partial charge in [-0.05, 0) is 30.1 Å². The van der Waals surface area contributed by atoms with Crippen LogP contribution in [0.4, 0.5) is 4.79 Å². The summed E-state index contributed by atoms with van der Waals surface area (Å²) in [6.07, 6.45) is 1.67. The van der Waals surface area contributed by atoms with Crippen molar-refractivity contribution in [1.82, 2.24) is 10.2 Å². The second-order valence-corrected chi connectivity index (χ2v) is 7.75. The Balaban J connectivity index is 2.58. The summed E-state index contributed by atoms with van der Waals surface area (Å²) in [5.41, 5.74) is -0.0150. The maximum absolute atomic E-state index is 12.3. The number of likely N-dealkylation sites (tertiary alicyclic amines) is 1. The van der Waals surface area contributed by atoms with Gasteiger partial charge in [-0.1, -0.05) is 34.6 Å². The van der Waals surface area contributed by atoms with Crippen molar-refractivity contribution in [2.75, 3.05) is 13.1 Å². The molecule has 5 nitrogen and oxygen atoms in total.